The number of nitrogens with zero attached hydrogens (tertiary/aromatic N) is 1. The lowest BCUT2D eigenvalue weighted by Gasteiger charge is -1.91. The average molecular weight is 293 g/mol. The van der Waals surface area contributed by atoms with Gasteiger partial charge in [0.15, 0.2) is 11.7 Å². The Hall–Kier alpha value is -0.320. The Bertz CT molecular complexity index is 426. The number of halogens is 2. The van der Waals surface area contributed by atoms with Crippen molar-refractivity contribution in [2.24, 2.45) is 0 Å². The Kier molecular flexibility index (Phi) is 3.26. The molecule has 0 saturated heterocycles. The Balaban J connectivity index is 2.29. The van der Waals surface area contributed by atoms with Crippen LogP contribution in [-0.2, 0) is 6.42 Å². The zero-order chi connectivity index (χ0) is 9.97. The molecule has 0 aliphatic rings. The van der Waals surface area contributed by atoms with E-state index < -0.39 is 0 Å². The Morgan fingerprint density at radius 2 is 2.43 bits per heavy atom. The summed E-state index contributed by atoms with van der Waals surface area (Å²) in [6.45, 7) is 0. The summed E-state index contributed by atoms with van der Waals surface area (Å²) in [6, 6.07) is 1.99. The smallest absolute Gasteiger partial charge is 0.196 e. The zero-order valence-corrected chi connectivity index (χ0v) is 10.3. The van der Waals surface area contributed by atoms with Crippen LogP contribution >= 0.6 is 38.9 Å². The lowest BCUT2D eigenvalue weighted by molar-refractivity contribution is 0.515. The molecule has 74 valence electrons. The topological polar surface area (TPSA) is 26.0 Å². The lowest BCUT2D eigenvalue weighted by Crippen LogP contribution is -1.83. The fourth-order valence-corrected chi connectivity index (χ4v) is 2.76. The first-order valence-electron chi connectivity index (χ1n) is 4.05. The Morgan fingerprint density at radius 1 is 1.57 bits per heavy atom. The van der Waals surface area contributed by atoms with Crippen molar-refractivity contribution in [2.45, 2.75) is 6.42 Å². The molecule has 0 bridgehead atoms. The zero-order valence-electron chi connectivity index (χ0n) is 7.17. The standard InChI is InChI=1S/C9H7BrClNOS/c10-6-2-4-14-9(6)7-5-12-8(13-7)1-3-11/h2,4-5H,1,3H2. The summed E-state index contributed by atoms with van der Waals surface area (Å²) in [6.07, 6.45) is 2.41. The van der Waals surface area contributed by atoms with Crippen LogP contribution in [0.5, 0.6) is 0 Å². The summed E-state index contributed by atoms with van der Waals surface area (Å²) in [5.41, 5.74) is 0. The molecule has 0 fully saturated rings. The van der Waals surface area contributed by atoms with Crippen molar-refractivity contribution in [3.05, 3.63) is 28.0 Å². The van der Waals surface area contributed by atoms with E-state index >= 15 is 0 Å². The van der Waals surface area contributed by atoms with Gasteiger partial charge in [0.1, 0.15) is 0 Å². The van der Waals surface area contributed by atoms with Crippen LogP contribution in [0.4, 0.5) is 0 Å². The molecule has 0 saturated carbocycles. The van der Waals surface area contributed by atoms with Crippen LogP contribution < -0.4 is 0 Å². The van der Waals surface area contributed by atoms with Gasteiger partial charge in [-0.05, 0) is 27.4 Å². The highest BCUT2D eigenvalue weighted by Crippen LogP contribution is 2.33. The molecule has 0 spiro atoms. The summed E-state index contributed by atoms with van der Waals surface area (Å²) in [7, 11) is 0. The van der Waals surface area contributed by atoms with Crippen LogP contribution in [0.2, 0.25) is 0 Å². The molecule has 5 heteroatoms. The number of aryl methyl sites for hydroxylation is 1. The van der Waals surface area contributed by atoms with Gasteiger partial charge in [-0.15, -0.1) is 22.9 Å². The van der Waals surface area contributed by atoms with Crippen LogP contribution in [0.1, 0.15) is 5.89 Å². The van der Waals surface area contributed by atoms with Crippen molar-refractivity contribution in [2.75, 3.05) is 5.88 Å². The number of oxazole rings is 1. The van der Waals surface area contributed by atoms with Crippen molar-refractivity contribution >= 4 is 38.9 Å². The summed E-state index contributed by atoms with van der Waals surface area (Å²) in [5, 5.41) is 2.00. The van der Waals surface area contributed by atoms with Gasteiger partial charge < -0.3 is 4.42 Å². The largest absolute Gasteiger partial charge is 0.440 e. The number of thiophene rings is 1. The predicted molar refractivity (Wildman–Crippen MR) is 61.9 cm³/mol. The molecule has 0 radical (unpaired) electrons. The number of hydrogen-bond acceptors (Lipinski definition) is 3. The molecule has 0 unspecified atom stereocenters. The van der Waals surface area contributed by atoms with Gasteiger partial charge >= 0.3 is 0 Å². The Morgan fingerprint density at radius 3 is 3.07 bits per heavy atom. The van der Waals surface area contributed by atoms with Gasteiger partial charge in [0.2, 0.25) is 0 Å². The fraction of sp³-hybridized carbons (Fsp3) is 0.222. The second kappa shape index (κ2) is 4.47. The minimum absolute atomic E-state index is 0.533. The van der Waals surface area contributed by atoms with Gasteiger partial charge in [0.05, 0.1) is 11.1 Å². The highest BCUT2D eigenvalue weighted by atomic mass is 79.9. The summed E-state index contributed by atoms with van der Waals surface area (Å²) in [5.74, 6) is 2.02. The van der Waals surface area contributed by atoms with Gasteiger partial charge in [0.25, 0.3) is 0 Å². The minimum atomic E-state index is 0.533. The van der Waals surface area contributed by atoms with Gasteiger partial charge in [-0.2, -0.15) is 0 Å². The van der Waals surface area contributed by atoms with Crippen molar-refractivity contribution in [1.29, 1.82) is 0 Å². The summed E-state index contributed by atoms with van der Waals surface area (Å²) >= 11 is 10.7. The molecular formula is C9H7BrClNOS. The highest BCUT2D eigenvalue weighted by Gasteiger charge is 2.10. The molecule has 0 aliphatic heterocycles. The van der Waals surface area contributed by atoms with E-state index in [4.69, 9.17) is 16.0 Å². The lowest BCUT2D eigenvalue weighted by atomic mass is 10.4. The highest BCUT2D eigenvalue weighted by molar-refractivity contribution is 9.10. The molecule has 0 aliphatic carbocycles. The van der Waals surface area contributed by atoms with Crippen molar-refractivity contribution in [3.63, 3.8) is 0 Å². The molecule has 0 amide bonds. The third-order valence-corrected chi connectivity index (χ3v) is 3.74. The molecule has 2 aromatic heterocycles. The number of hydrogen-bond donors (Lipinski definition) is 0. The van der Waals surface area contributed by atoms with Crippen molar-refractivity contribution < 1.29 is 4.42 Å². The normalized spacial score (nSPS) is 10.7. The van der Waals surface area contributed by atoms with E-state index in [9.17, 15) is 0 Å². The predicted octanol–water partition coefficient (Wildman–Crippen LogP) is 3.95. The average Bonchev–Trinajstić information content (AvgIpc) is 2.74. The third-order valence-electron chi connectivity index (χ3n) is 1.70. The second-order valence-electron chi connectivity index (χ2n) is 2.65. The number of alkyl halides is 1. The van der Waals surface area contributed by atoms with Gasteiger partial charge in [-0.1, -0.05) is 0 Å². The second-order valence-corrected chi connectivity index (χ2v) is 4.80. The third kappa shape index (κ3) is 2.02. The van der Waals surface area contributed by atoms with E-state index in [2.05, 4.69) is 20.9 Å². The van der Waals surface area contributed by atoms with Crippen LogP contribution in [0.25, 0.3) is 10.6 Å². The molecule has 2 nitrogen and oxygen atoms in total. The maximum atomic E-state index is 5.59. The van der Waals surface area contributed by atoms with Crippen molar-refractivity contribution in [3.8, 4) is 10.6 Å². The molecule has 2 aromatic rings. The quantitative estimate of drug-likeness (QED) is 0.801. The van der Waals surface area contributed by atoms with E-state index in [1.54, 1.807) is 17.5 Å². The number of rotatable bonds is 3. The SMILES string of the molecule is ClCCc1ncc(-c2sccc2Br)o1. The molecule has 2 heterocycles. The van der Waals surface area contributed by atoms with E-state index in [-0.39, 0.29) is 0 Å². The molecular weight excluding hydrogens is 286 g/mol. The van der Waals surface area contributed by atoms with E-state index in [0.29, 0.717) is 18.2 Å². The first kappa shape index (κ1) is 10.2. The van der Waals surface area contributed by atoms with Crippen LogP contribution in [0.3, 0.4) is 0 Å². The Labute approximate surface area is 99.0 Å². The summed E-state index contributed by atoms with van der Waals surface area (Å²) < 4.78 is 6.57. The molecule has 0 atom stereocenters. The van der Waals surface area contributed by atoms with E-state index in [1.807, 2.05) is 11.4 Å². The van der Waals surface area contributed by atoms with Crippen LogP contribution in [0, 0.1) is 0 Å². The van der Waals surface area contributed by atoms with Crippen LogP contribution in [-0.4, -0.2) is 10.9 Å². The van der Waals surface area contributed by atoms with Gasteiger partial charge in [-0.25, -0.2) is 4.98 Å². The first-order valence-corrected chi connectivity index (χ1v) is 6.26. The minimum Gasteiger partial charge on any atom is -0.440 e. The van der Waals surface area contributed by atoms with Crippen molar-refractivity contribution in [1.82, 2.24) is 4.98 Å². The maximum absolute atomic E-state index is 5.59. The molecule has 14 heavy (non-hydrogen) atoms. The van der Waals surface area contributed by atoms with Gasteiger partial charge in [0, 0.05) is 16.8 Å². The van der Waals surface area contributed by atoms with E-state index in [1.165, 1.54) is 0 Å². The number of aromatic nitrogens is 1. The molecule has 0 N–H and O–H groups in total. The molecule has 0 aromatic carbocycles. The van der Waals surface area contributed by atoms with E-state index in [0.717, 1.165) is 15.1 Å². The van der Waals surface area contributed by atoms with Crippen LogP contribution in [0.15, 0.2) is 26.5 Å². The first-order chi connectivity index (χ1) is 6.81. The maximum Gasteiger partial charge on any atom is 0.196 e. The monoisotopic (exact) mass is 291 g/mol. The van der Waals surface area contributed by atoms with Gasteiger partial charge in [-0.3, -0.25) is 0 Å². The molecule has 2 rings (SSSR count). The summed E-state index contributed by atoms with van der Waals surface area (Å²) in [4.78, 5) is 5.21. The fourth-order valence-electron chi connectivity index (χ4n) is 1.08.